The molecule has 2 heterocycles. The van der Waals surface area contributed by atoms with Gasteiger partial charge < -0.3 is 0 Å². The maximum absolute atomic E-state index is 4.96. The average Bonchev–Trinajstić information content (AvgIpc) is 3.35. The molecule has 0 bridgehead atoms. The molecule has 1 atom stereocenters. The second kappa shape index (κ2) is 6.68. The SMILES string of the molecule is c1ccc(C2=NN(Cn3nnc4ccccc43)[C@@H](c3ccccc3)C2)cc1. The van der Waals surface area contributed by atoms with E-state index in [0.29, 0.717) is 6.67 Å². The lowest BCUT2D eigenvalue weighted by Gasteiger charge is -2.23. The van der Waals surface area contributed by atoms with Crippen LogP contribution in [0.2, 0.25) is 0 Å². The van der Waals surface area contributed by atoms with Gasteiger partial charge in [0, 0.05) is 6.42 Å². The zero-order valence-corrected chi connectivity index (χ0v) is 14.8. The molecule has 0 spiro atoms. The Bertz CT molecular complexity index is 1090. The first-order valence-electron chi connectivity index (χ1n) is 9.11. The summed E-state index contributed by atoms with van der Waals surface area (Å²) >= 11 is 0. The predicted octanol–water partition coefficient (Wildman–Crippen LogP) is 4.24. The minimum absolute atomic E-state index is 0.185. The van der Waals surface area contributed by atoms with Gasteiger partial charge in [0.25, 0.3) is 0 Å². The van der Waals surface area contributed by atoms with E-state index < -0.39 is 0 Å². The number of hydrogen-bond acceptors (Lipinski definition) is 4. The molecule has 1 aromatic heterocycles. The van der Waals surface area contributed by atoms with Crippen LogP contribution in [0.5, 0.6) is 0 Å². The molecular formula is C22H19N5. The molecule has 5 nitrogen and oxygen atoms in total. The normalized spacial score (nSPS) is 16.7. The zero-order chi connectivity index (χ0) is 18.1. The maximum atomic E-state index is 4.96. The van der Waals surface area contributed by atoms with E-state index in [1.54, 1.807) is 0 Å². The smallest absolute Gasteiger partial charge is 0.131 e. The summed E-state index contributed by atoms with van der Waals surface area (Å²) in [7, 11) is 0. The molecule has 3 aromatic carbocycles. The molecular weight excluding hydrogens is 334 g/mol. The third-order valence-electron chi connectivity index (χ3n) is 4.99. The summed E-state index contributed by atoms with van der Waals surface area (Å²) in [5.74, 6) is 0. The highest BCUT2D eigenvalue weighted by molar-refractivity contribution is 6.01. The van der Waals surface area contributed by atoms with Crippen molar-refractivity contribution in [3.05, 3.63) is 96.1 Å². The number of para-hydroxylation sites is 1. The number of nitrogens with zero attached hydrogens (tertiary/aromatic N) is 5. The van der Waals surface area contributed by atoms with E-state index >= 15 is 0 Å². The van der Waals surface area contributed by atoms with E-state index in [9.17, 15) is 0 Å². The standard InChI is InChI=1S/C22H19N5/c1-3-9-17(10-4-1)20-15-22(18-11-5-2-6-12-18)26(24-20)16-27-21-14-8-7-13-19(21)23-25-27/h1-14,22H,15-16H2/t22-/m1/s1. The molecule has 1 aliphatic rings. The molecule has 0 aliphatic carbocycles. The van der Waals surface area contributed by atoms with Crippen LogP contribution < -0.4 is 0 Å². The number of aromatic nitrogens is 3. The van der Waals surface area contributed by atoms with Crippen LogP contribution in [-0.4, -0.2) is 25.7 Å². The van der Waals surface area contributed by atoms with Gasteiger partial charge in [0.05, 0.1) is 17.3 Å². The lowest BCUT2D eigenvalue weighted by atomic mass is 9.99. The van der Waals surface area contributed by atoms with Crippen LogP contribution in [0.15, 0.2) is 90.0 Å². The summed E-state index contributed by atoms with van der Waals surface area (Å²) in [4.78, 5) is 0. The average molecular weight is 353 g/mol. The summed E-state index contributed by atoms with van der Waals surface area (Å²) in [5.41, 5.74) is 5.46. The lowest BCUT2D eigenvalue weighted by molar-refractivity contribution is 0.173. The van der Waals surface area contributed by atoms with Gasteiger partial charge in [0.15, 0.2) is 0 Å². The second-order valence-corrected chi connectivity index (χ2v) is 6.70. The second-order valence-electron chi connectivity index (χ2n) is 6.70. The van der Waals surface area contributed by atoms with Crippen molar-refractivity contribution in [1.82, 2.24) is 20.0 Å². The van der Waals surface area contributed by atoms with Crippen molar-refractivity contribution in [3.8, 4) is 0 Å². The van der Waals surface area contributed by atoms with Gasteiger partial charge in [-0.15, -0.1) is 5.10 Å². The molecule has 132 valence electrons. The predicted molar refractivity (Wildman–Crippen MR) is 106 cm³/mol. The Balaban J connectivity index is 1.52. The molecule has 1 aliphatic heterocycles. The Morgan fingerprint density at radius 1 is 0.815 bits per heavy atom. The zero-order valence-electron chi connectivity index (χ0n) is 14.8. The Hall–Kier alpha value is -3.47. The number of hydrazone groups is 1. The highest BCUT2D eigenvalue weighted by Crippen LogP contribution is 2.33. The van der Waals surface area contributed by atoms with Gasteiger partial charge in [-0.05, 0) is 23.3 Å². The number of rotatable bonds is 4. The van der Waals surface area contributed by atoms with Crippen LogP contribution >= 0.6 is 0 Å². The quantitative estimate of drug-likeness (QED) is 0.551. The van der Waals surface area contributed by atoms with Crippen LogP contribution in [0.3, 0.4) is 0 Å². The van der Waals surface area contributed by atoms with Crippen LogP contribution in [-0.2, 0) is 6.67 Å². The summed E-state index contributed by atoms with van der Waals surface area (Å²) in [6.45, 7) is 0.566. The Labute approximate surface area is 157 Å². The van der Waals surface area contributed by atoms with Gasteiger partial charge in [0.2, 0.25) is 0 Å². The van der Waals surface area contributed by atoms with Gasteiger partial charge in [-0.1, -0.05) is 78.0 Å². The first-order valence-corrected chi connectivity index (χ1v) is 9.11. The topological polar surface area (TPSA) is 46.3 Å². The highest BCUT2D eigenvalue weighted by Gasteiger charge is 2.29. The van der Waals surface area contributed by atoms with E-state index in [0.717, 1.165) is 23.2 Å². The first kappa shape index (κ1) is 15.8. The molecule has 0 amide bonds. The van der Waals surface area contributed by atoms with Crippen LogP contribution in [0.1, 0.15) is 23.6 Å². The van der Waals surface area contributed by atoms with E-state index in [1.165, 1.54) is 11.1 Å². The minimum Gasteiger partial charge on any atom is -0.267 e. The Morgan fingerprint density at radius 2 is 1.52 bits per heavy atom. The van der Waals surface area contributed by atoms with Crippen molar-refractivity contribution in [2.24, 2.45) is 5.10 Å². The van der Waals surface area contributed by atoms with Crippen molar-refractivity contribution in [1.29, 1.82) is 0 Å². The Kier molecular flexibility index (Phi) is 3.90. The van der Waals surface area contributed by atoms with E-state index in [-0.39, 0.29) is 6.04 Å². The summed E-state index contributed by atoms with van der Waals surface area (Å²) < 4.78 is 1.92. The van der Waals surface area contributed by atoms with Crippen LogP contribution in [0, 0.1) is 0 Å². The first-order chi connectivity index (χ1) is 13.4. The van der Waals surface area contributed by atoms with Crippen molar-refractivity contribution in [2.75, 3.05) is 0 Å². The minimum atomic E-state index is 0.185. The third-order valence-corrected chi connectivity index (χ3v) is 4.99. The Morgan fingerprint density at radius 3 is 2.33 bits per heavy atom. The summed E-state index contributed by atoms with van der Waals surface area (Å²) in [6.07, 6.45) is 0.876. The van der Waals surface area contributed by atoms with E-state index in [4.69, 9.17) is 5.10 Å². The number of benzene rings is 3. The van der Waals surface area contributed by atoms with Crippen molar-refractivity contribution >= 4 is 16.7 Å². The molecule has 5 rings (SSSR count). The molecule has 0 fully saturated rings. The molecule has 5 heteroatoms. The fourth-order valence-electron chi connectivity index (χ4n) is 3.61. The molecule has 4 aromatic rings. The van der Waals surface area contributed by atoms with Gasteiger partial charge in [0.1, 0.15) is 12.2 Å². The molecule has 0 saturated carbocycles. The van der Waals surface area contributed by atoms with Gasteiger partial charge in [-0.3, -0.25) is 5.01 Å². The monoisotopic (exact) mass is 353 g/mol. The van der Waals surface area contributed by atoms with Gasteiger partial charge in [-0.2, -0.15) is 5.10 Å². The van der Waals surface area contributed by atoms with Crippen molar-refractivity contribution in [3.63, 3.8) is 0 Å². The third kappa shape index (κ3) is 2.97. The lowest BCUT2D eigenvalue weighted by Crippen LogP contribution is -2.23. The molecule has 0 unspecified atom stereocenters. The molecule has 0 saturated heterocycles. The maximum Gasteiger partial charge on any atom is 0.131 e. The molecule has 27 heavy (non-hydrogen) atoms. The summed E-state index contributed by atoms with van der Waals surface area (Å²) in [5, 5.41) is 15.7. The van der Waals surface area contributed by atoms with Gasteiger partial charge in [-0.25, -0.2) is 4.68 Å². The molecule has 0 radical (unpaired) electrons. The molecule has 0 N–H and O–H groups in total. The van der Waals surface area contributed by atoms with Crippen molar-refractivity contribution < 1.29 is 0 Å². The highest BCUT2D eigenvalue weighted by atomic mass is 15.6. The van der Waals surface area contributed by atoms with Gasteiger partial charge >= 0.3 is 0 Å². The number of hydrogen-bond donors (Lipinski definition) is 0. The van der Waals surface area contributed by atoms with Crippen LogP contribution in [0.4, 0.5) is 0 Å². The number of fused-ring (bicyclic) bond motifs is 1. The largest absolute Gasteiger partial charge is 0.267 e. The van der Waals surface area contributed by atoms with E-state index in [2.05, 4.69) is 63.9 Å². The van der Waals surface area contributed by atoms with E-state index in [1.807, 2.05) is 41.1 Å². The van der Waals surface area contributed by atoms with Crippen molar-refractivity contribution in [2.45, 2.75) is 19.1 Å². The van der Waals surface area contributed by atoms with Crippen LogP contribution in [0.25, 0.3) is 11.0 Å². The fourth-order valence-corrected chi connectivity index (χ4v) is 3.61. The summed E-state index contributed by atoms with van der Waals surface area (Å²) in [6, 6.07) is 29.1. The fraction of sp³-hybridized carbons (Fsp3) is 0.136.